The lowest BCUT2D eigenvalue weighted by atomic mass is 10.2. The van der Waals surface area contributed by atoms with Crippen LogP contribution in [-0.2, 0) is 0 Å². The van der Waals surface area contributed by atoms with E-state index in [0.717, 1.165) is 5.82 Å². The number of rotatable bonds is 5. The number of hydrogen-bond donors (Lipinski definition) is 3. The van der Waals surface area contributed by atoms with Gasteiger partial charge in [-0.2, -0.15) is 0 Å². The SMILES string of the molecule is CC(C)c1nccc(NC[C@@H](O)CO)n1. The second-order valence-electron chi connectivity index (χ2n) is 3.67. The first-order valence-corrected chi connectivity index (χ1v) is 4.99. The van der Waals surface area contributed by atoms with Crippen molar-refractivity contribution in [3.8, 4) is 0 Å². The second-order valence-corrected chi connectivity index (χ2v) is 3.67. The number of nitrogens with zero attached hydrogens (tertiary/aromatic N) is 2. The summed E-state index contributed by atoms with van der Waals surface area (Å²) < 4.78 is 0. The number of aliphatic hydroxyl groups excluding tert-OH is 2. The number of anilines is 1. The zero-order chi connectivity index (χ0) is 11.3. The molecule has 15 heavy (non-hydrogen) atoms. The lowest BCUT2D eigenvalue weighted by Gasteiger charge is -2.10. The van der Waals surface area contributed by atoms with Crippen molar-refractivity contribution in [1.82, 2.24) is 9.97 Å². The van der Waals surface area contributed by atoms with Gasteiger partial charge in [-0.05, 0) is 6.07 Å². The third-order valence-corrected chi connectivity index (χ3v) is 1.92. The summed E-state index contributed by atoms with van der Waals surface area (Å²) in [6.45, 7) is 4.06. The molecule has 84 valence electrons. The molecule has 0 amide bonds. The van der Waals surface area contributed by atoms with Gasteiger partial charge in [0.2, 0.25) is 0 Å². The van der Waals surface area contributed by atoms with E-state index in [2.05, 4.69) is 15.3 Å². The third kappa shape index (κ3) is 3.81. The third-order valence-electron chi connectivity index (χ3n) is 1.92. The first-order valence-electron chi connectivity index (χ1n) is 4.99. The summed E-state index contributed by atoms with van der Waals surface area (Å²) in [6, 6.07) is 1.73. The van der Waals surface area contributed by atoms with Crippen molar-refractivity contribution in [1.29, 1.82) is 0 Å². The Morgan fingerprint density at radius 1 is 1.47 bits per heavy atom. The van der Waals surface area contributed by atoms with Crippen LogP contribution in [0.15, 0.2) is 12.3 Å². The van der Waals surface area contributed by atoms with Crippen LogP contribution in [-0.4, -0.2) is 39.4 Å². The van der Waals surface area contributed by atoms with Gasteiger partial charge in [-0.25, -0.2) is 9.97 Å². The summed E-state index contributed by atoms with van der Waals surface area (Å²) in [5.41, 5.74) is 0. The maximum Gasteiger partial charge on any atom is 0.133 e. The van der Waals surface area contributed by atoms with E-state index in [1.807, 2.05) is 13.8 Å². The summed E-state index contributed by atoms with van der Waals surface area (Å²) >= 11 is 0. The van der Waals surface area contributed by atoms with E-state index in [1.165, 1.54) is 0 Å². The van der Waals surface area contributed by atoms with Gasteiger partial charge >= 0.3 is 0 Å². The van der Waals surface area contributed by atoms with E-state index in [1.54, 1.807) is 12.3 Å². The average molecular weight is 211 g/mol. The van der Waals surface area contributed by atoms with Gasteiger partial charge in [0, 0.05) is 18.7 Å². The normalized spacial score (nSPS) is 12.9. The van der Waals surface area contributed by atoms with Crippen LogP contribution < -0.4 is 5.32 Å². The van der Waals surface area contributed by atoms with Crippen LogP contribution in [0.2, 0.25) is 0 Å². The van der Waals surface area contributed by atoms with Gasteiger partial charge in [0.25, 0.3) is 0 Å². The molecule has 1 rings (SSSR count). The molecule has 0 aliphatic carbocycles. The van der Waals surface area contributed by atoms with E-state index in [9.17, 15) is 0 Å². The molecule has 1 heterocycles. The van der Waals surface area contributed by atoms with Crippen molar-refractivity contribution in [3.05, 3.63) is 18.1 Å². The van der Waals surface area contributed by atoms with Gasteiger partial charge in [0.05, 0.1) is 12.7 Å². The first-order chi connectivity index (χ1) is 7.13. The Morgan fingerprint density at radius 2 is 2.20 bits per heavy atom. The van der Waals surface area contributed by atoms with Crippen LogP contribution in [0.1, 0.15) is 25.6 Å². The molecule has 1 atom stereocenters. The van der Waals surface area contributed by atoms with Crippen molar-refractivity contribution in [2.45, 2.75) is 25.9 Å². The van der Waals surface area contributed by atoms with Crippen LogP contribution >= 0.6 is 0 Å². The summed E-state index contributed by atoms with van der Waals surface area (Å²) in [4.78, 5) is 8.39. The van der Waals surface area contributed by atoms with Crippen LogP contribution in [0.5, 0.6) is 0 Å². The molecule has 0 aromatic carbocycles. The van der Waals surface area contributed by atoms with Crippen LogP contribution in [0.4, 0.5) is 5.82 Å². The Bertz CT molecular complexity index is 304. The highest BCUT2D eigenvalue weighted by atomic mass is 16.3. The quantitative estimate of drug-likeness (QED) is 0.655. The number of nitrogens with one attached hydrogen (secondary N) is 1. The molecule has 5 heteroatoms. The zero-order valence-electron chi connectivity index (χ0n) is 9.01. The highest BCUT2D eigenvalue weighted by molar-refractivity contribution is 5.33. The fraction of sp³-hybridized carbons (Fsp3) is 0.600. The summed E-state index contributed by atoms with van der Waals surface area (Å²) in [5, 5.41) is 20.7. The van der Waals surface area contributed by atoms with E-state index in [4.69, 9.17) is 10.2 Å². The maximum absolute atomic E-state index is 9.14. The lowest BCUT2D eigenvalue weighted by Crippen LogP contribution is -2.23. The van der Waals surface area contributed by atoms with Gasteiger partial charge in [-0.1, -0.05) is 13.8 Å². The minimum atomic E-state index is -0.762. The van der Waals surface area contributed by atoms with Crippen LogP contribution in [0.25, 0.3) is 0 Å². The topological polar surface area (TPSA) is 78.3 Å². The fourth-order valence-electron chi connectivity index (χ4n) is 1.04. The molecule has 5 nitrogen and oxygen atoms in total. The molecule has 1 aromatic rings. The standard InChI is InChI=1S/C10H17N3O2/c1-7(2)10-11-4-3-9(13-10)12-5-8(15)6-14/h3-4,7-8,14-15H,5-6H2,1-2H3,(H,11,12,13)/t8-/m1/s1. The van der Waals surface area contributed by atoms with E-state index < -0.39 is 6.10 Å². The molecule has 0 aliphatic rings. The molecular weight excluding hydrogens is 194 g/mol. The summed E-state index contributed by atoms with van der Waals surface area (Å²) in [6.07, 6.45) is 0.915. The molecular formula is C10H17N3O2. The van der Waals surface area contributed by atoms with Gasteiger partial charge in [0.15, 0.2) is 0 Å². The average Bonchev–Trinajstić information content (AvgIpc) is 2.26. The van der Waals surface area contributed by atoms with Crippen molar-refractivity contribution in [3.63, 3.8) is 0 Å². The number of aromatic nitrogens is 2. The molecule has 0 fully saturated rings. The van der Waals surface area contributed by atoms with E-state index in [-0.39, 0.29) is 19.1 Å². The fourth-order valence-corrected chi connectivity index (χ4v) is 1.04. The Labute approximate surface area is 89.2 Å². The maximum atomic E-state index is 9.14. The Morgan fingerprint density at radius 3 is 2.80 bits per heavy atom. The first kappa shape index (κ1) is 11.9. The van der Waals surface area contributed by atoms with E-state index >= 15 is 0 Å². The molecule has 0 radical (unpaired) electrons. The van der Waals surface area contributed by atoms with Crippen molar-refractivity contribution in [2.24, 2.45) is 0 Å². The highest BCUT2D eigenvalue weighted by Gasteiger charge is 2.05. The van der Waals surface area contributed by atoms with E-state index in [0.29, 0.717) is 5.82 Å². The van der Waals surface area contributed by atoms with Gasteiger partial charge in [0.1, 0.15) is 11.6 Å². The predicted octanol–water partition coefficient (Wildman–Crippen LogP) is 0.365. The van der Waals surface area contributed by atoms with Crippen molar-refractivity contribution in [2.75, 3.05) is 18.5 Å². The molecule has 0 spiro atoms. The largest absolute Gasteiger partial charge is 0.394 e. The number of aliphatic hydroxyl groups is 2. The molecule has 0 saturated heterocycles. The minimum absolute atomic E-state index is 0.255. The number of hydrogen-bond acceptors (Lipinski definition) is 5. The Hall–Kier alpha value is -1.20. The molecule has 1 aromatic heterocycles. The predicted molar refractivity (Wildman–Crippen MR) is 57.7 cm³/mol. The molecule has 0 aliphatic heterocycles. The Kier molecular flexibility index (Phi) is 4.45. The molecule has 3 N–H and O–H groups in total. The minimum Gasteiger partial charge on any atom is -0.394 e. The summed E-state index contributed by atoms with van der Waals surface area (Å²) in [7, 11) is 0. The Balaban J connectivity index is 2.58. The van der Waals surface area contributed by atoms with Crippen molar-refractivity contribution >= 4 is 5.82 Å². The monoisotopic (exact) mass is 211 g/mol. The molecule has 0 saturated carbocycles. The highest BCUT2D eigenvalue weighted by Crippen LogP contribution is 2.10. The smallest absolute Gasteiger partial charge is 0.133 e. The van der Waals surface area contributed by atoms with Gasteiger partial charge in [-0.3, -0.25) is 0 Å². The molecule has 0 bridgehead atoms. The zero-order valence-corrected chi connectivity index (χ0v) is 9.01. The van der Waals surface area contributed by atoms with Gasteiger partial charge < -0.3 is 15.5 Å². The second kappa shape index (κ2) is 5.63. The van der Waals surface area contributed by atoms with Crippen molar-refractivity contribution < 1.29 is 10.2 Å². The lowest BCUT2D eigenvalue weighted by molar-refractivity contribution is 0.105. The van der Waals surface area contributed by atoms with Crippen LogP contribution in [0.3, 0.4) is 0 Å². The van der Waals surface area contributed by atoms with Crippen LogP contribution in [0, 0.1) is 0 Å². The molecule has 0 unspecified atom stereocenters. The summed E-state index contributed by atoms with van der Waals surface area (Å²) in [5.74, 6) is 1.70. The van der Waals surface area contributed by atoms with Gasteiger partial charge in [-0.15, -0.1) is 0 Å².